The normalized spacial score (nSPS) is 22.2. The molecule has 1 aliphatic carbocycles. The number of benzene rings is 2. The maximum Gasteiger partial charge on any atom is 0.239 e. The number of anilines is 2. The molecule has 0 aromatic heterocycles. The molecular formula is C35H48N4O5. The number of rotatable bonds is 7. The van der Waals surface area contributed by atoms with Crippen LogP contribution in [0.1, 0.15) is 78.8 Å². The number of amides is 1. The summed E-state index contributed by atoms with van der Waals surface area (Å²) in [6.07, 6.45) is 2.72. The predicted molar refractivity (Wildman–Crippen MR) is 174 cm³/mol. The predicted octanol–water partition coefficient (Wildman–Crippen LogP) is 5.75. The third-order valence-electron chi connectivity index (χ3n) is 8.90. The highest BCUT2D eigenvalue weighted by Crippen LogP contribution is 2.51. The molecule has 5 rings (SSSR count). The second-order valence-electron chi connectivity index (χ2n) is 14.5. The van der Waals surface area contributed by atoms with Gasteiger partial charge in [0.25, 0.3) is 0 Å². The highest BCUT2D eigenvalue weighted by atomic mass is 16.5. The standard InChI is InChI=1S/C35H48N4O5/c1-33(2)18-24-31(26(40)19-33)32(22-14-28(43-8)29(44-9)15-27(22)42-7)39(25-13-11-10-12-23(25)37-24)20-30(41)36-21-16-34(3,4)38-35(5,6)17-21/h10-15,21,32,37-38H,16-20H2,1-9H3,(H,36,41). The zero-order valence-electron chi connectivity index (χ0n) is 27.6. The average Bonchev–Trinajstić information content (AvgIpc) is 3.04. The lowest BCUT2D eigenvalue weighted by Crippen LogP contribution is -2.62. The largest absolute Gasteiger partial charge is 0.496 e. The molecule has 0 bridgehead atoms. The van der Waals surface area contributed by atoms with E-state index in [1.165, 1.54) is 0 Å². The Kier molecular flexibility index (Phi) is 8.39. The molecule has 238 valence electrons. The Balaban J connectivity index is 1.65. The summed E-state index contributed by atoms with van der Waals surface area (Å²) in [5.74, 6) is 1.53. The van der Waals surface area contributed by atoms with Crippen LogP contribution >= 0.6 is 0 Å². The van der Waals surface area contributed by atoms with Crippen LogP contribution in [0.25, 0.3) is 0 Å². The van der Waals surface area contributed by atoms with Crippen LogP contribution in [-0.4, -0.2) is 56.7 Å². The first-order valence-electron chi connectivity index (χ1n) is 15.4. The van der Waals surface area contributed by atoms with E-state index in [9.17, 15) is 9.59 Å². The highest BCUT2D eigenvalue weighted by molar-refractivity contribution is 6.02. The molecule has 1 unspecified atom stereocenters. The van der Waals surface area contributed by atoms with E-state index in [0.29, 0.717) is 35.7 Å². The lowest BCUT2D eigenvalue weighted by molar-refractivity contribution is -0.121. The zero-order chi connectivity index (χ0) is 32.0. The molecule has 0 saturated carbocycles. The van der Waals surface area contributed by atoms with E-state index in [0.717, 1.165) is 35.5 Å². The molecule has 0 radical (unpaired) electrons. The first kappa shape index (κ1) is 31.7. The van der Waals surface area contributed by atoms with Crippen LogP contribution in [0.15, 0.2) is 47.7 Å². The van der Waals surface area contributed by atoms with Crippen LogP contribution in [0.2, 0.25) is 0 Å². The maximum atomic E-state index is 14.2. The quantitative estimate of drug-likeness (QED) is 0.367. The number of piperidine rings is 1. The summed E-state index contributed by atoms with van der Waals surface area (Å²) >= 11 is 0. The summed E-state index contributed by atoms with van der Waals surface area (Å²) in [4.78, 5) is 30.3. The summed E-state index contributed by atoms with van der Waals surface area (Å²) in [7, 11) is 4.77. The number of carbonyl (C=O) groups excluding carboxylic acids is 2. The van der Waals surface area contributed by atoms with Crippen molar-refractivity contribution >= 4 is 23.1 Å². The highest BCUT2D eigenvalue weighted by Gasteiger charge is 2.44. The fraction of sp³-hybridized carbons (Fsp3) is 0.543. The second-order valence-corrected chi connectivity index (χ2v) is 14.5. The summed E-state index contributed by atoms with van der Waals surface area (Å²) in [5.41, 5.74) is 3.46. The molecule has 2 aromatic rings. The molecule has 3 N–H and O–H groups in total. The van der Waals surface area contributed by atoms with Gasteiger partial charge >= 0.3 is 0 Å². The van der Waals surface area contributed by atoms with E-state index in [2.05, 4.69) is 57.5 Å². The molecule has 3 aliphatic rings. The Morgan fingerprint density at radius 3 is 2.16 bits per heavy atom. The number of methoxy groups -OCH3 is 3. The molecule has 2 heterocycles. The topological polar surface area (TPSA) is 101 Å². The van der Waals surface area contributed by atoms with Crippen molar-refractivity contribution in [2.24, 2.45) is 5.41 Å². The minimum atomic E-state index is -0.619. The van der Waals surface area contributed by atoms with Gasteiger partial charge in [-0.05, 0) is 70.6 Å². The number of hydrogen-bond acceptors (Lipinski definition) is 8. The number of fused-ring (bicyclic) bond motifs is 1. The van der Waals surface area contributed by atoms with Crippen molar-refractivity contribution in [2.75, 3.05) is 38.1 Å². The van der Waals surface area contributed by atoms with Crippen LogP contribution in [0.5, 0.6) is 17.2 Å². The molecule has 2 aromatic carbocycles. The van der Waals surface area contributed by atoms with Gasteiger partial charge in [-0.25, -0.2) is 0 Å². The van der Waals surface area contributed by atoms with Gasteiger partial charge in [-0.1, -0.05) is 26.0 Å². The Hall–Kier alpha value is -3.72. The van der Waals surface area contributed by atoms with Crippen molar-refractivity contribution in [2.45, 2.75) is 90.4 Å². The van der Waals surface area contributed by atoms with E-state index < -0.39 is 6.04 Å². The van der Waals surface area contributed by atoms with Gasteiger partial charge in [0, 0.05) is 46.4 Å². The van der Waals surface area contributed by atoms with E-state index in [4.69, 9.17) is 14.2 Å². The SMILES string of the molecule is COc1cc(OC)c(C2C3=C(CC(C)(C)CC3=O)Nc3ccccc3N2CC(=O)NC2CC(C)(C)NC(C)(C)C2)cc1OC. The number of ether oxygens (including phenoxy) is 3. The number of Topliss-reactive ketones (excluding diaryl/α,β-unsaturated/α-hetero) is 1. The minimum Gasteiger partial charge on any atom is -0.496 e. The Labute approximate surface area is 261 Å². The summed E-state index contributed by atoms with van der Waals surface area (Å²) in [6, 6.07) is 11.0. The van der Waals surface area contributed by atoms with Crippen molar-refractivity contribution < 1.29 is 23.8 Å². The van der Waals surface area contributed by atoms with Crippen LogP contribution in [0.3, 0.4) is 0 Å². The van der Waals surface area contributed by atoms with Gasteiger partial charge in [0.1, 0.15) is 5.75 Å². The van der Waals surface area contributed by atoms with Crippen molar-refractivity contribution in [3.63, 3.8) is 0 Å². The maximum absolute atomic E-state index is 14.2. The number of nitrogens with zero attached hydrogens (tertiary/aromatic N) is 1. The zero-order valence-corrected chi connectivity index (χ0v) is 27.6. The third kappa shape index (κ3) is 6.39. The second kappa shape index (κ2) is 11.7. The van der Waals surface area contributed by atoms with E-state index >= 15 is 0 Å². The van der Waals surface area contributed by atoms with E-state index in [-0.39, 0.29) is 40.8 Å². The average molecular weight is 605 g/mol. The number of allylic oxidation sites excluding steroid dienone is 1. The van der Waals surface area contributed by atoms with Crippen LogP contribution in [0.4, 0.5) is 11.4 Å². The van der Waals surface area contributed by atoms with Crippen LogP contribution in [0, 0.1) is 5.41 Å². The van der Waals surface area contributed by atoms with Gasteiger partial charge in [-0.15, -0.1) is 0 Å². The molecule has 1 atom stereocenters. The number of nitrogens with one attached hydrogen (secondary N) is 3. The molecule has 9 heteroatoms. The summed E-state index contributed by atoms with van der Waals surface area (Å²) < 4.78 is 17.2. The molecular weight excluding hydrogens is 556 g/mol. The fourth-order valence-electron chi connectivity index (χ4n) is 7.67. The molecule has 0 spiro atoms. The monoisotopic (exact) mass is 604 g/mol. The van der Waals surface area contributed by atoms with Crippen LogP contribution < -0.4 is 35.1 Å². The summed E-state index contributed by atoms with van der Waals surface area (Å²) in [6.45, 7) is 13.0. The summed E-state index contributed by atoms with van der Waals surface area (Å²) in [5, 5.41) is 10.7. The molecule has 44 heavy (non-hydrogen) atoms. The number of carbonyl (C=O) groups is 2. The van der Waals surface area contributed by atoms with E-state index in [1.54, 1.807) is 27.4 Å². The fourth-order valence-corrected chi connectivity index (χ4v) is 7.67. The lowest BCUT2D eigenvalue weighted by Gasteiger charge is -2.46. The number of para-hydroxylation sites is 2. The first-order chi connectivity index (χ1) is 20.7. The van der Waals surface area contributed by atoms with Crippen LogP contribution in [-0.2, 0) is 9.59 Å². The molecule has 2 aliphatic heterocycles. The Morgan fingerprint density at radius 2 is 1.52 bits per heavy atom. The first-order valence-corrected chi connectivity index (χ1v) is 15.4. The van der Waals surface area contributed by atoms with Gasteiger partial charge in [-0.3, -0.25) is 9.59 Å². The Bertz CT molecular complexity index is 1460. The molecule has 9 nitrogen and oxygen atoms in total. The van der Waals surface area contributed by atoms with Gasteiger partial charge in [0.05, 0.1) is 45.3 Å². The van der Waals surface area contributed by atoms with Crippen molar-refractivity contribution in [3.8, 4) is 17.2 Å². The molecule has 1 amide bonds. The van der Waals surface area contributed by atoms with Crippen molar-refractivity contribution in [1.29, 1.82) is 0 Å². The smallest absolute Gasteiger partial charge is 0.239 e. The molecule has 1 saturated heterocycles. The lowest BCUT2D eigenvalue weighted by atomic mass is 9.73. The number of hydrogen-bond donors (Lipinski definition) is 3. The Morgan fingerprint density at radius 1 is 0.909 bits per heavy atom. The van der Waals surface area contributed by atoms with E-state index in [1.807, 2.05) is 35.2 Å². The minimum absolute atomic E-state index is 0.00931. The van der Waals surface area contributed by atoms with Gasteiger partial charge in [0.2, 0.25) is 5.91 Å². The number of ketones is 1. The third-order valence-corrected chi connectivity index (χ3v) is 8.90. The van der Waals surface area contributed by atoms with Crippen molar-refractivity contribution in [1.82, 2.24) is 10.6 Å². The molecule has 1 fully saturated rings. The van der Waals surface area contributed by atoms with Gasteiger partial charge in [0.15, 0.2) is 17.3 Å². The van der Waals surface area contributed by atoms with Crippen molar-refractivity contribution in [3.05, 3.63) is 53.2 Å². The van der Waals surface area contributed by atoms with Gasteiger partial charge in [-0.2, -0.15) is 0 Å². The van der Waals surface area contributed by atoms with Gasteiger partial charge < -0.3 is 35.1 Å².